The van der Waals surface area contributed by atoms with Gasteiger partial charge in [-0.3, -0.25) is 19.1 Å². The van der Waals surface area contributed by atoms with Gasteiger partial charge in [0.2, 0.25) is 5.91 Å². The zero-order valence-corrected chi connectivity index (χ0v) is 21.3. The van der Waals surface area contributed by atoms with E-state index < -0.39 is 34.0 Å². The monoisotopic (exact) mass is 549 g/mol. The first-order valence-corrected chi connectivity index (χ1v) is 12.7. The Morgan fingerprint density at radius 2 is 1.81 bits per heavy atom. The van der Waals surface area contributed by atoms with Crippen molar-refractivity contribution in [3.63, 3.8) is 0 Å². The summed E-state index contributed by atoms with van der Waals surface area (Å²) in [7, 11) is -2.30. The zero-order valence-electron chi connectivity index (χ0n) is 19.7. The van der Waals surface area contributed by atoms with E-state index in [9.17, 15) is 22.8 Å². The number of carbonyl (C=O) groups excluding carboxylic acids is 3. The maximum absolute atomic E-state index is 12.7. The third kappa shape index (κ3) is 7.70. The number of likely N-dealkylation sites (N-methyl/N-ethyl adjacent to an activating group) is 1. The minimum absolute atomic E-state index is 0.0337. The summed E-state index contributed by atoms with van der Waals surface area (Å²) in [5.74, 6) is -2.64. The number of nitrogens with zero attached hydrogens (tertiary/aromatic N) is 4. The second-order valence-electron chi connectivity index (χ2n) is 7.51. The number of hydrogen-bond donors (Lipinski definition) is 5. The lowest BCUT2D eigenvalue weighted by atomic mass is 10.0. The third-order valence-corrected chi connectivity index (χ3v) is 6.27. The van der Waals surface area contributed by atoms with Gasteiger partial charge in [-0.15, -0.1) is 5.10 Å². The number of amides is 3. The molecule has 5 N–H and O–H groups in total. The van der Waals surface area contributed by atoms with Crippen molar-refractivity contribution < 1.29 is 22.8 Å². The van der Waals surface area contributed by atoms with E-state index in [0.717, 1.165) is 0 Å². The van der Waals surface area contributed by atoms with Crippen LogP contribution in [0.3, 0.4) is 0 Å². The van der Waals surface area contributed by atoms with Crippen molar-refractivity contribution in [3.05, 3.63) is 59.4 Å². The Bertz CT molecular complexity index is 1370. The molecule has 0 bridgehead atoms. The van der Waals surface area contributed by atoms with Crippen molar-refractivity contribution in [1.29, 1.82) is 0 Å². The van der Waals surface area contributed by atoms with E-state index in [0.29, 0.717) is 22.0 Å². The van der Waals surface area contributed by atoms with Gasteiger partial charge < -0.3 is 16.0 Å². The molecule has 3 amide bonds. The molecule has 0 fully saturated rings. The van der Waals surface area contributed by atoms with Gasteiger partial charge in [0.1, 0.15) is 12.4 Å². The topological polar surface area (TPSA) is 189 Å². The second kappa shape index (κ2) is 12.2. The van der Waals surface area contributed by atoms with Gasteiger partial charge in [0.25, 0.3) is 10.2 Å². The van der Waals surface area contributed by atoms with E-state index in [-0.39, 0.29) is 18.7 Å². The van der Waals surface area contributed by atoms with Crippen LogP contribution in [0, 0.1) is 0 Å². The first-order chi connectivity index (χ1) is 17.6. The fraction of sp³-hybridized carbons (Fsp3) is 0.238. The molecule has 1 aromatic heterocycles. The van der Waals surface area contributed by atoms with Crippen LogP contribution in [0.1, 0.15) is 12.5 Å². The van der Waals surface area contributed by atoms with Gasteiger partial charge >= 0.3 is 11.8 Å². The number of aromatic nitrogens is 4. The standard InChI is InChI=1S/C21H24ClN9O5S/c1-3-25-37(35,36)28-15-7-4-13(5-8-15)10-17(19(32)23-2)27-21(34)20(33)26-16-11-14(22)6-9-18(16)31-12-24-29-30-31/h4-9,11-12,17,25,28H,3,10H2,1-2H3,(H,23,32)(H,26,33)(H,27,34)/t17-/m0/s1. The lowest BCUT2D eigenvalue weighted by Crippen LogP contribution is -2.50. The molecule has 14 nitrogen and oxygen atoms in total. The highest BCUT2D eigenvalue weighted by molar-refractivity contribution is 7.90. The summed E-state index contributed by atoms with van der Waals surface area (Å²) in [4.78, 5) is 37.7. The Labute approximate surface area is 217 Å². The molecule has 0 radical (unpaired) electrons. The second-order valence-corrected chi connectivity index (χ2v) is 9.45. The summed E-state index contributed by atoms with van der Waals surface area (Å²) >= 11 is 6.03. The number of nitrogens with one attached hydrogen (secondary N) is 5. The van der Waals surface area contributed by atoms with Crippen molar-refractivity contribution in [2.24, 2.45) is 0 Å². The Morgan fingerprint density at radius 1 is 1.08 bits per heavy atom. The highest BCUT2D eigenvalue weighted by atomic mass is 35.5. The maximum atomic E-state index is 12.7. The predicted molar refractivity (Wildman–Crippen MR) is 135 cm³/mol. The smallest absolute Gasteiger partial charge is 0.313 e. The average molecular weight is 550 g/mol. The molecule has 3 aromatic rings. The van der Waals surface area contributed by atoms with Gasteiger partial charge in [0.05, 0.1) is 11.4 Å². The first-order valence-electron chi connectivity index (χ1n) is 10.8. The number of anilines is 2. The number of rotatable bonds is 10. The van der Waals surface area contributed by atoms with Crippen LogP contribution >= 0.6 is 11.6 Å². The third-order valence-electron chi connectivity index (χ3n) is 4.86. The minimum Gasteiger partial charge on any atom is -0.357 e. The normalized spacial score (nSPS) is 11.9. The Morgan fingerprint density at radius 3 is 2.43 bits per heavy atom. The quantitative estimate of drug-likeness (QED) is 0.218. The summed E-state index contributed by atoms with van der Waals surface area (Å²) in [6, 6.07) is 9.66. The van der Waals surface area contributed by atoms with Crippen molar-refractivity contribution in [2.45, 2.75) is 19.4 Å². The van der Waals surface area contributed by atoms with Crippen LogP contribution in [-0.4, -0.2) is 66.0 Å². The molecular weight excluding hydrogens is 526 g/mol. The van der Waals surface area contributed by atoms with E-state index in [1.807, 2.05) is 0 Å². The summed E-state index contributed by atoms with van der Waals surface area (Å²) in [5.41, 5.74) is 1.45. The van der Waals surface area contributed by atoms with Crippen molar-refractivity contribution in [1.82, 2.24) is 35.6 Å². The molecule has 0 aliphatic rings. The fourth-order valence-electron chi connectivity index (χ4n) is 3.19. The van der Waals surface area contributed by atoms with Gasteiger partial charge in [0, 0.05) is 30.7 Å². The molecule has 0 unspecified atom stereocenters. The van der Waals surface area contributed by atoms with E-state index in [2.05, 4.69) is 40.9 Å². The fourth-order valence-corrected chi connectivity index (χ4v) is 4.26. The van der Waals surface area contributed by atoms with Gasteiger partial charge in [-0.1, -0.05) is 30.7 Å². The highest BCUT2D eigenvalue weighted by Crippen LogP contribution is 2.23. The van der Waals surface area contributed by atoms with E-state index >= 15 is 0 Å². The molecule has 0 saturated carbocycles. The number of halogens is 1. The lowest BCUT2D eigenvalue weighted by molar-refractivity contribution is -0.138. The molecule has 37 heavy (non-hydrogen) atoms. The molecule has 1 atom stereocenters. The molecule has 2 aromatic carbocycles. The van der Waals surface area contributed by atoms with Crippen LogP contribution in [0.5, 0.6) is 0 Å². The molecule has 1 heterocycles. The van der Waals surface area contributed by atoms with Crippen LogP contribution in [0.2, 0.25) is 5.02 Å². The molecule has 16 heteroatoms. The molecule has 196 valence electrons. The van der Waals surface area contributed by atoms with Crippen molar-refractivity contribution in [2.75, 3.05) is 23.6 Å². The lowest BCUT2D eigenvalue weighted by Gasteiger charge is -2.18. The Balaban J connectivity index is 1.70. The molecule has 0 saturated heterocycles. The molecule has 0 aliphatic heterocycles. The van der Waals surface area contributed by atoms with Gasteiger partial charge in [-0.25, -0.2) is 0 Å². The van der Waals surface area contributed by atoms with Crippen molar-refractivity contribution >= 4 is 50.9 Å². The van der Waals surface area contributed by atoms with Crippen LogP contribution in [0.15, 0.2) is 48.8 Å². The van der Waals surface area contributed by atoms with Gasteiger partial charge in [-0.2, -0.15) is 17.8 Å². The molecule has 0 spiro atoms. The summed E-state index contributed by atoms with van der Waals surface area (Å²) in [6.07, 6.45) is 1.34. The van der Waals surface area contributed by atoms with Crippen molar-refractivity contribution in [3.8, 4) is 5.69 Å². The Hall–Kier alpha value is -4.08. The first kappa shape index (κ1) is 27.5. The predicted octanol–water partition coefficient (Wildman–Crippen LogP) is -0.00610. The molecule has 3 rings (SSSR count). The van der Waals surface area contributed by atoms with Gasteiger partial charge in [-0.05, 0) is 46.3 Å². The number of carbonyl (C=O) groups is 3. The van der Waals surface area contributed by atoms with Crippen LogP contribution in [-0.2, 0) is 31.0 Å². The number of benzene rings is 2. The Kier molecular flexibility index (Phi) is 9.10. The summed E-state index contributed by atoms with van der Waals surface area (Å²) in [5, 5.41) is 18.4. The van der Waals surface area contributed by atoms with E-state index in [1.54, 1.807) is 31.2 Å². The zero-order chi connectivity index (χ0) is 27.0. The summed E-state index contributed by atoms with van der Waals surface area (Å²) in [6.45, 7) is 1.88. The maximum Gasteiger partial charge on any atom is 0.313 e. The number of tetrazole rings is 1. The minimum atomic E-state index is -3.70. The largest absolute Gasteiger partial charge is 0.357 e. The van der Waals surface area contributed by atoms with E-state index in [4.69, 9.17) is 11.6 Å². The summed E-state index contributed by atoms with van der Waals surface area (Å²) < 4.78 is 29.6. The van der Waals surface area contributed by atoms with E-state index in [1.165, 1.54) is 36.3 Å². The highest BCUT2D eigenvalue weighted by Gasteiger charge is 2.25. The SMILES string of the molecule is CCNS(=O)(=O)Nc1ccc(C[C@H](NC(=O)C(=O)Nc2cc(Cl)ccc2-n2cnnn2)C(=O)NC)cc1. The average Bonchev–Trinajstić information content (AvgIpc) is 3.38. The van der Waals surface area contributed by atoms with Crippen LogP contribution < -0.4 is 25.4 Å². The molecule has 0 aliphatic carbocycles. The number of hydrogen-bond acceptors (Lipinski definition) is 8. The molecular formula is C21H24ClN9O5S. The van der Waals surface area contributed by atoms with Crippen LogP contribution in [0.4, 0.5) is 11.4 Å². The van der Waals surface area contributed by atoms with Crippen LogP contribution in [0.25, 0.3) is 5.69 Å². The van der Waals surface area contributed by atoms with Gasteiger partial charge in [0.15, 0.2) is 0 Å².